The third kappa shape index (κ3) is 5.25. The zero-order chi connectivity index (χ0) is 26.8. The normalized spacial score (nSPS) is 17.9. The van der Waals surface area contributed by atoms with E-state index in [2.05, 4.69) is 18.7 Å². The number of benzene rings is 2. The fourth-order valence-corrected chi connectivity index (χ4v) is 5.19. The molecule has 5 rings (SSSR count). The summed E-state index contributed by atoms with van der Waals surface area (Å²) in [4.78, 5) is 31.5. The van der Waals surface area contributed by atoms with Crippen LogP contribution in [0.2, 0.25) is 5.02 Å². The molecule has 2 aromatic carbocycles. The summed E-state index contributed by atoms with van der Waals surface area (Å²) in [6.07, 6.45) is 0.918. The van der Waals surface area contributed by atoms with Crippen molar-refractivity contribution in [3.05, 3.63) is 68.5 Å². The van der Waals surface area contributed by atoms with Gasteiger partial charge in [-0.1, -0.05) is 31.5 Å². The fraction of sp³-hybridized carbons (Fsp3) is 0.448. The smallest absolute Gasteiger partial charge is 0.290 e. The van der Waals surface area contributed by atoms with Gasteiger partial charge in [0, 0.05) is 31.2 Å². The van der Waals surface area contributed by atoms with E-state index in [1.807, 2.05) is 18.2 Å². The molecule has 38 heavy (non-hydrogen) atoms. The molecule has 0 aliphatic carbocycles. The number of methoxy groups -OCH3 is 1. The molecule has 0 saturated carbocycles. The molecule has 2 aliphatic heterocycles. The van der Waals surface area contributed by atoms with Crippen LogP contribution in [0.15, 0.2) is 45.6 Å². The predicted molar refractivity (Wildman–Crippen MR) is 146 cm³/mol. The van der Waals surface area contributed by atoms with Crippen molar-refractivity contribution in [2.75, 3.05) is 53.1 Å². The van der Waals surface area contributed by atoms with E-state index in [1.165, 1.54) is 0 Å². The molecule has 1 saturated heterocycles. The zero-order valence-electron chi connectivity index (χ0n) is 22.0. The molecule has 0 spiro atoms. The van der Waals surface area contributed by atoms with Crippen LogP contribution in [0.3, 0.4) is 0 Å². The molecule has 1 amide bonds. The van der Waals surface area contributed by atoms with Gasteiger partial charge in [-0.15, -0.1) is 0 Å². The Bertz CT molecular complexity index is 1380. The number of nitrogens with zero attached hydrogens (tertiary/aromatic N) is 2. The van der Waals surface area contributed by atoms with Gasteiger partial charge in [-0.3, -0.25) is 14.5 Å². The van der Waals surface area contributed by atoms with Crippen LogP contribution in [0.4, 0.5) is 0 Å². The summed E-state index contributed by atoms with van der Waals surface area (Å²) in [5.41, 5.74) is 1.15. The van der Waals surface area contributed by atoms with Gasteiger partial charge in [0.2, 0.25) is 5.76 Å². The van der Waals surface area contributed by atoms with E-state index in [1.54, 1.807) is 30.2 Å². The van der Waals surface area contributed by atoms with E-state index in [0.29, 0.717) is 71.9 Å². The lowest BCUT2D eigenvalue weighted by Gasteiger charge is -2.31. The van der Waals surface area contributed by atoms with Crippen LogP contribution in [-0.2, 0) is 4.74 Å². The van der Waals surface area contributed by atoms with Crippen molar-refractivity contribution in [1.82, 2.24) is 9.80 Å². The lowest BCUT2D eigenvalue weighted by molar-refractivity contribution is 0.0314. The third-order valence-corrected chi connectivity index (χ3v) is 7.38. The van der Waals surface area contributed by atoms with Gasteiger partial charge < -0.3 is 23.5 Å². The summed E-state index contributed by atoms with van der Waals surface area (Å²) >= 11 is 6.20. The van der Waals surface area contributed by atoms with Crippen molar-refractivity contribution in [3.8, 4) is 11.5 Å². The van der Waals surface area contributed by atoms with Gasteiger partial charge in [0.25, 0.3) is 5.91 Å². The fourth-order valence-electron chi connectivity index (χ4n) is 5.02. The van der Waals surface area contributed by atoms with Crippen molar-refractivity contribution >= 4 is 28.5 Å². The number of hydrogen-bond donors (Lipinski definition) is 0. The van der Waals surface area contributed by atoms with E-state index in [-0.39, 0.29) is 17.1 Å². The Morgan fingerprint density at radius 2 is 1.84 bits per heavy atom. The number of carbonyl (C=O) groups excluding carboxylic acids is 1. The van der Waals surface area contributed by atoms with Gasteiger partial charge in [0.05, 0.1) is 43.9 Å². The molecule has 0 bridgehead atoms. The van der Waals surface area contributed by atoms with Crippen molar-refractivity contribution < 1.29 is 23.4 Å². The monoisotopic (exact) mass is 540 g/mol. The van der Waals surface area contributed by atoms with Crippen LogP contribution < -0.4 is 14.9 Å². The van der Waals surface area contributed by atoms with Crippen molar-refractivity contribution in [1.29, 1.82) is 0 Å². The zero-order valence-corrected chi connectivity index (χ0v) is 22.8. The van der Waals surface area contributed by atoms with Gasteiger partial charge in [-0.25, -0.2) is 0 Å². The highest BCUT2D eigenvalue weighted by Crippen LogP contribution is 2.41. The second kappa shape index (κ2) is 11.4. The number of carbonyl (C=O) groups is 1. The van der Waals surface area contributed by atoms with E-state index in [0.717, 1.165) is 25.1 Å². The molecule has 1 fully saturated rings. The molecule has 202 valence electrons. The molecular formula is C29H33ClN2O6. The Labute approximate surface area is 227 Å². The summed E-state index contributed by atoms with van der Waals surface area (Å²) in [7, 11) is 1.59. The Kier molecular flexibility index (Phi) is 7.93. The Morgan fingerprint density at radius 3 is 2.58 bits per heavy atom. The van der Waals surface area contributed by atoms with E-state index in [9.17, 15) is 9.59 Å². The molecule has 1 aromatic heterocycles. The first-order chi connectivity index (χ1) is 18.4. The van der Waals surface area contributed by atoms with E-state index in [4.69, 9.17) is 30.2 Å². The van der Waals surface area contributed by atoms with Crippen molar-refractivity contribution in [2.24, 2.45) is 5.92 Å². The number of amides is 1. The minimum atomic E-state index is -0.628. The molecule has 3 aromatic rings. The van der Waals surface area contributed by atoms with Gasteiger partial charge >= 0.3 is 0 Å². The van der Waals surface area contributed by atoms with Crippen molar-refractivity contribution in [3.63, 3.8) is 0 Å². The first-order valence-corrected chi connectivity index (χ1v) is 13.4. The van der Waals surface area contributed by atoms with Gasteiger partial charge in [0.1, 0.15) is 5.58 Å². The quantitative estimate of drug-likeness (QED) is 0.387. The Morgan fingerprint density at radius 1 is 1.05 bits per heavy atom. The Hall–Kier alpha value is -3.07. The van der Waals surface area contributed by atoms with Crippen LogP contribution in [0.5, 0.6) is 11.5 Å². The number of rotatable bonds is 9. The standard InChI is InChI=1S/C29H33ClN2O6/c1-18(2)8-13-37-23-6-4-19(16-24(23)35-3)26-25-27(33)21-17-20(30)5-7-22(21)38-28(25)29(34)32(26)10-9-31-11-14-36-15-12-31/h4-7,16-18,26H,8-15H2,1-3H3. The minimum Gasteiger partial charge on any atom is -0.493 e. The summed E-state index contributed by atoms with van der Waals surface area (Å²) < 4.78 is 23.1. The van der Waals surface area contributed by atoms with Gasteiger partial charge in [-0.2, -0.15) is 0 Å². The Balaban J connectivity index is 1.55. The molecular weight excluding hydrogens is 508 g/mol. The van der Waals surface area contributed by atoms with Crippen LogP contribution in [0, 0.1) is 5.92 Å². The summed E-state index contributed by atoms with van der Waals surface area (Å²) in [5.74, 6) is 1.47. The minimum absolute atomic E-state index is 0.0769. The summed E-state index contributed by atoms with van der Waals surface area (Å²) in [6.45, 7) is 8.88. The van der Waals surface area contributed by atoms with Crippen LogP contribution in [0.1, 0.15) is 48.0 Å². The first kappa shape index (κ1) is 26.5. The summed E-state index contributed by atoms with van der Waals surface area (Å²) in [6, 6.07) is 9.82. The lowest BCUT2D eigenvalue weighted by Crippen LogP contribution is -2.42. The van der Waals surface area contributed by atoms with E-state index < -0.39 is 6.04 Å². The average molecular weight is 541 g/mol. The SMILES string of the molecule is COc1cc(C2c3c(oc4ccc(Cl)cc4c3=O)C(=O)N2CCN2CCOCC2)ccc1OCCC(C)C. The molecule has 9 heteroatoms. The van der Waals surface area contributed by atoms with Crippen molar-refractivity contribution in [2.45, 2.75) is 26.3 Å². The topological polar surface area (TPSA) is 81.5 Å². The number of fused-ring (bicyclic) bond motifs is 2. The largest absolute Gasteiger partial charge is 0.493 e. The van der Waals surface area contributed by atoms with Gasteiger partial charge in [-0.05, 0) is 48.2 Å². The maximum absolute atomic E-state index is 13.8. The second-order valence-corrected chi connectivity index (χ2v) is 10.5. The molecule has 3 heterocycles. The number of ether oxygens (including phenoxy) is 3. The van der Waals surface area contributed by atoms with Crippen LogP contribution >= 0.6 is 11.6 Å². The molecule has 8 nitrogen and oxygen atoms in total. The average Bonchev–Trinajstić information content (AvgIpc) is 3.20. The molecule has 2 aliphatic rings. The maximum atomic E-state index is 13.8. The van der Waals surface area contributed by atoms with Crippen LogP contribution in [0.25, 0.3) is 11.0 Å². The third-order valence-electron chi connectivity index (χ3n) is 7.14. The highest BCUT2D eigenvalue weighted by molar-refractivity contribution is 6.31. The molecule has 0 N–H and O–H groups in total. The predicted octanol–water partition coefficient (Wildman–Crippen LogP) is 4.76. The highest BCUT2D eigenvalue weighted by Gasteiger charge is 2.43. The molecule has 1 unspecified atom stereocenters. The maximum Gasteiger partial charge on any atom is 0.290 e. The number of halogens is 1. The molecule has 1 atom stereocenters. The molecule has 0 radical (unpaired) electrons. The van der Waals surface area contributed by atoms with E-state index >= 15 is 0 Å². The van der Waals surface area contributed by atoms with Gasteiger partial charge in [0.15, 0.2) is 16.9 Å². The number of hydrogen-bond acceptors (Lipinski definition) is 7. The first-order valence-electron chi connectivity index (χ1n) is 13.1. The highest BCUT2D eigenvalue weighted by atomic mass is 35.5. The van der Waals surface area contributed by atoms with Crippen LogP contribution in [-0.4, -0.2) is 68.8 Å². The lowest BCUT2D eigenvalue weighted by atomic mass is 9.98. The number of morpholine rings is 1. The second-order valence-electron chi connectivity index (χ2n) is 10.1. The summed E-state index contributed by atoms with van der Waals surface area (Å²) in [5, 5.41) is 0.782.